The first kappa shape index (κ1) is 26.2. The molecule has 196 valence electrons. The molecular formula is C27H27F3N2O5. The molecule has 0 spiro atoms. The van der Waals surface area contributed by atoms with Crippen LogP contribution in [-0.4, -0.2) is 37.8 Å². The molecule has 1 aliphatic rings. The fourth-order valence-electron chi connectivity index (χ4n) is 4.72. The van der Waals surface area contributed by atoms with E-state index in [1.807, 2.05) is 13.8 Å². The Morgan fingerprint density at radius 1 is 0.865 bits per heavy atom. The normalized spacial score (nSPS) is 19.9. The second kappa shape index (κ2) is 9.85. The fourth-order valence-corrected chi connectivity index (χ4v) is 4.72. The molecule has 3 aromatic rings. The largest absolute Gasteiger partial charge is 0.573 e. The number of anilines is 2. The molecular weight excluding hydrogens is 489 g/mol. The van der Waals surface area contributed by atoms with Crippen LogP contribution in [0.3, 0.4) is 0 Å². The molecule has 0 bridgehead atoms. The third-order valence-corrected chi connectivity index (χ3v) is 6.23. The minimum atomic E-state index is -4.92. The molecule has 10 heteroatoms. The number of carbonyl (C=O) groups excluding carboxylic acids is 1. The number of hydrogen-bond acceptors (Lipinski definition) is 5. The second-order valence-electron chi connectivity index (χ2n) is 8.87. The maximum atomic E-state index is 14.1. The van der Waals surface area contributed by atoms with Crippen molar-refractivity contribution in [3.05, 3.63) is 78.4 Å². The van der Waals surface area contributed by atoms with E-state index < -0.39 is 29.9 Å². The lowest BCUT2D eigenvalue weighted by atomic mass is 9.86. The van der Waals surface area contributed by atoms with Crippen LogP contribution in [-0.2, 0) is 5.72 Å². The number of halogens is 3. The SMILES string of the molecule is COc1ccc(N2C(=O)N(c3ccc(OC)cc3)C(O)(c3cccc(OC(F)(F)F)c3)C2C(C)C)cc1. The Morgan fingerprint density at radius 2 is 1.41 bits per heavy atom. The van der Waals surface area contributed by atoms with Gasteiger partial charge in [-0.1, -0.05) is 26.0 Å². The number of nitrogens with zero attached hydrogens (tertiary/aromatic N) is 2. The van der Waals surface area contributed by atoms with Crippen molar-refractivity contribution in [1.29, 1.82) is 0 Å². The van der Waals surface area contributed by atoms with Gasteiger partial charge in [0.05, 0.1) is 20.3 Å². The molecule has 0 radical (unpaired) electrons. The van der Waals surface area contributed by atoms with Crippen molar-refractivity contribution in [2.45, 2.75) is 32.0 Å². The molecule has 37 heavy (non-hydrogen) atoms. The van der Waals surface area contributed by atoms with E-state index >= 15 is 0 Å². The number of aliphatic hydroxyl groups is 1. The fraction of sp³-hybridized carbons (Fsp3) is 0.296. The Kier molecular flexibility index (Phi) is 6.96. The summed E-state index contributed by atoms with van der Waals surface area (Å²) in [5.74, 6) is 0.278. The average Bonchev–Trinajstić information content (AvgIpc) is 3.11. The van der Waals surface area contributed by atoms with Gasteiger partial charge in [-0.15, -0.1) is 13.2 Å². The smallest absolute Gasteiger partial charge is 0.497 e. The Labute approximate surface area is 212 Å². The first-order valence-electron chi connectivity index (χ1n) is 11.5. The minimum absolute atomic E-state index is 0.0631. The summed E-state index contributed by atoms with van der Waals surface area (Å²) in [5.41, 5.74) is -1.18. The lowest BCUT2D eigenvalue weighted by Gasteiger charge is -2.39. The third kappa shape index (κ3) is 4.89. The highest BCUT2D eigenvalue weighted by Gasteiger charge is 2.59. The van der Waals surface area contributed by atoms with E-state index in [1.54, 1.807) is 48.5 Å². The van der Waals surface area contributed by atoms with Crippen LogP contribution in [0.1, 0.15) is 19.4 Å². The zero-order valence-electron chi connectivity index (χ0n) is 20.7. The van der Waals surface area contributed by atoms with Gasteiger partial charge in [0.15, 0.2) is 5.72 Å². The highest BCUT2D eigenvalue weighted by Crippen LogP contribution is 2.48. The predicted molar refractivity (Wildman–Crippen MR) is 132 cm³/mol. The molecule has 1 fully saturated rings. The lowest BCUT2D eigenvalue weighted by molar-refractivity contribution is -0.274. The van der Waals surface area contributed by atoms with Crippen LogP contribution >= 0.6 is 0 Å². The molecule has 0 aromatic heterocycles. The van der Waals surface area contributed by atoms with Crippen molar-refractivity contribution in [2.75, 3.05) is 24.0 Å². The molecule has 2 unspecified atom stereocenters. The highest BCUT2D eigenvalue weighted by atomic mass is 19.4. The van der Waals surface area contributed by atoms with Crippen molar-refractivity contribution < 1.29 is 37.3 Å². The van der Waals surface area contributed by atoms with Crippen LogP contribution in [0.15, 0.2) is 72.8 Å². The van der Waals surface area contributed by atoms with E-state index in [0.717, 1.165) is 12.1 Å². The first-order valence-corrected chi connectivity index (χ1v) is 11.5. The number of hydrogen-bond donors (Lipinski definition) is 1. The number of methoxy groups -OCH3 is 2. The van der Waals surface area contributed by atoms with Gasteiger partial charge in [-0.2, -0.15) is 0 Å². The van der Waals surface area contributed by atoms with Crippen molar-refractivity contribution in [3.8, 4) is 17.2 Å². The summed E-state index contributed by atoms with van der Waals surface area (Å²) in [7, 11) is 3.02. The van der Waals surface area contributed by atoms with E-state index in [4.69, 9.17) is 9.47 Å². The average molecular weight is 517 g/mol. The highest BCUT2D eigenvalue weighted by molar-refractivity contribution is 6.08. The standard InChI is InChI=1S/C27H27F3N2O5/c1-17(2)24-26(34,18-6-5-7-23(16-18)37-27(28,29)30)32(20-10-14-22(36-4)15-11-20)25(33)31(24)19-8-12-21(35-3)13-9-19/h5-17,24,34H,1-4H3. The molecule has 1 aliphatic heterocycles. The summed E-state index contributed by atoms with van der Waals surface area (Å²) >= 11 is 0. The van der Waals surface area contributed by atoms with Gasteiger partial charge in [0, 0.05) is 16.9 Å². The Bertz CT molecular complexity index is 1250. The van der Waals surface area contributed by atoms with E-state index in [1.165, 1.54) is 36.2 Å². The number of carbonyl (C=O) groups is 1. The summed E-state index contributed by atoms with van der Waals surface area (Å²) in [4.78, 5) is 16.7. The Morgan fingerprint density at radius 3 is 1.89 bits per heavy atom. The number of benzene rings is 3. The van der Waals surface area contributed by atoms with Crippen molar-refractivity contribution in [3.63, 3.8) is 0 Å². The second-order valence-corrected chi connectivity index (χ2v) is 8.87. The number of amides is 2. The van der Waals surface area contributed by atoms with Crippen molar-refractivity contribution in [2.24, 2.45) is 5.92 Å². The van der Waals surface area contributed by atoms with E-state index in [0.29, 0.717) is 22.9 Å². The number of urea groups is 1. The molecule has 2 atom stereocenters. The summed E-state index contributed by atoms with van der Waals surface area (Å²) in [5, 5.41) is 12.4. The van der Waals surface area contributed by atoms with Gasteiger partial charge in [-0.3, -0.25) is 9.80 Å². The van der Waals surface area contributed by atoms with Crippen LogP contribution in [0, 0.1) is 5.92 Å². The van der Waals surface area contributed by atoms with Crippen LogP contribution in [0.5, 0.6) is 17.2 Å². The summed E-state index contributed by atoms with van der Waals surface area (Å²) < 4.78 is 53.5. The number of rotatable bonds is 7. The maximum Gasteiger partial charge on any atom is 0.573 e. The van der Waals surface area contributed by atoms with Crippen LogP contribution in [0.4, 0.5) is 29.3 Å². The predicted octanol–water partition coefficient (Wildman–Crippen LogP) is 5.92. The van der Waals surface area contributed by atoms with Crippen LogP contribution < -0.4 is 24.0 Å². The zero-order chi connectivity index (χ0) is 27.0. The van der Waals surface area contributed by atoms with E-state index in [2.05, 4.69) is 4.74 Å². The molecule has 1 N–H and O–H groups in total. The quantitative estimate of drug-likeness (QED) is 0.422. The van der Waals surface area contributed by atoms with E-state index in [-0.39, 0.29) is 11.5 Å². The third-order valence-electron chi connectivity index (χ3n) is 6.23. The first-order chi connectivity index (χ1) is 17.5. The molecule has 2 amide bonds. The molecule has 3 aromatic carbocycles. The van der Waals surface area contributed by atoms with Gasteiger partial charge >= 0.3 is 12.4 Å². The Hall–Kier alpha value is -3.92. The molecule has 0 aliphatic carbocycles. The topological polar surface area (TPSA) is 71.5 Å². The van der Waals surface area contributed by atoms with Crippen LogP contribution in [0.2, 0.25) is 0 Å². The van der Waals surface area contributed by atoms with Gasteiger partial charge in [0.1, 0.15) is 17.2 Å². The minimum Gasteiger partial charge on any atom is -0.497 e. The molecule has 1 heterocycles. The van der Waals surface area contributed by atoms with E-state index in [9.17, 15) is 23.1 Å². The number of ether oxygens (including phenoxy) is 3. The molecule has 4 rings (SSSR count). The number of alkyl halides is 3. The van der Waals surface area contributed by atoms with Gasteiger partial charge in [0.2, 0.25) is 0 Å². The summed E-state index contributed by atoms with van der Waals surface area (Å²) in [6, 6.07) is 16.8. The summed E-state index contributed by atoms with van der Waals surface area (Å²) in [6.07, 6.45) is -4.92. The van der Waals surface area contributed by atoms with Crippen molar-refractivity contribution in [1.82, 2.24) is 0 Å². The van der Waals surface area contributed by atoms with Crippen LogP contribution in [0.25, 0.3) is 0 Å². The zero-order valence-corrected chi connectivity index (χ0v) is 20.7. The van der Waals surface area contributed by atoms with Gasteiger partial charge in [0.25, 0.3) is 0 Å². The van der Waals surface area contributed by atoms with Gasteiger partial charge in [-0.05, 0) is 66.6 Å². The molecule has 1 saturated heterocycles. The summed E-state index contributed by atoms with van der Waals surface area (Å²) in [6.45, 7) is 3.65. The lowest BCUT2D eigenvalue weighted by Crippen LogP contribution is -2.51. The Balaban J connectivity index is 1.92. The van der Waals surface area contributed by atoms with Gasteiger partial charge in [-0.25, -0.2) is 4.79 Å². The molecule has 0 saturated carbocycles. The van der Waals surface area contributed by atoms with Gasteiger partial charge < -0.3 is 19.3 Å². The maximum absolute atomic E-state index is 14.1. The monoisotopic (exact) mass is 516 g/mol. The molecule has 7 nitrogen and oxygen atoms in total. The van der Waals surface area contributed by atoms with Crippen molar-refractivity contribution >= 4 is 17.4 Å².